The van der Waals surface area contributed by atoms with Gasteiger partial charge in [-0.25, -0.2) is 0 Å². The van der Waals surface area contributed by atoms with Crippen molar-refractivity contribution in [2.24, 2.45) is 5.73 Å². The third-order valence-electron chi connectivity index (χ3n) is 1.48. The van der Waals surface area contributed by atoms with Crippen LogP contribution in [0.5, 0.6) is 5.75 Å². The second-order valence-corrected chi connectivity index (χ2v) is 2.46. The van der Waals surface area contributed by atoms with E-state index in [2.05, 4.69) is 0 Å². The van der Waals surface area contributed by atoms with E-state index in [-0.39, 0.29) is 13.2 Å². The van der Waals surface area contributed by atoms with Crippen LogP contribution >= 0.6 is 0 Å². The Morgan fingerprint density at radius 3 is 2.92 bits per heavy atom. The molecular weight excluding hydrogens is 170 g/mol. The molecule has 70 valence electrons. The van der Waals surface area contributed by atoms with Gasteiger partial charge < -0.3 is 15.6 Å². The van der Waals surface area contributed by atoms with E-state index < -0.39 is 5.91 Å². The molecule has 0 radical (unpaired) electrons. The van der Waals surface area contributed by atoms with Crippen molar-refractivity contribution in [3.63, 3.8) is 0 Å². The molecule has 0 saturated carbocycles. The van der Waals surface area contributed by atoms with Gasteiger partial charge in [0, 0.05) is 5.56 Å². The summed E-state index contributed by atoms with van der Waals surface area (Å²) in [6.07, 6.45) is 0. The molecule has 0 aliphatic heterocycles. The lowest BCUT2D eigenvalue weighted by molar-refractivity contribution is 0.1000. The van der Waals surface area contributed by atoms with Gasteiger partial charge in [-0.05, 0) is 18.2 Å². The summed E-state index contributed by atoms with van der Waals surface area (Å²) in [5.74, 6) is 0.0415. The minimum atomic E-state index is -0.491. The zero-order chi connectivity index (χ0) is 9.68. The lowest BCUT2D eigenvalue weighted by Gasteiger charge is -2.04. The van der Waals surface area contributed by atoms with Crippen molar-refractivity contribution in [1.29, 1.82) is 0 Å². The number of rotatable bonds is 4. The lowest BCUT2D eigenvalue weighted by Crippen LogP contribution is -2.11. The highest BCUT2D eigenvalue weighted by Gasteiger charge is 2.00. The predicted molar refractivity (Wildman–Crippen MR) is 47.5 cm³/mol. The smallest absolute Gasteiger partial charge is 0.248 e. The van der Waals surface area contributed by atoms with E-state index >= 15 is 0 Å². The fourth-order valence-corrected chi connectivity index (χ4v) is 0.903. The second kappa shape index (κ2) is 4.47. The first kappa shape index (κ1) is 9.54. The van der Waals surface area contributed by atoms with Gasteiger partial charge in [0.2, 0.25) is 5.91 Å². The minimum Gasteiger partial charge on any atom is -0.491 e. The Kier molecular flexibility index (Phi) is 3.28. The Morgan fingerprint density at radius 1 is 1.54 bits per heavy atom. The summed E-state index contributed by atoms with van der Waals surface area (Å²) in [7, 11) is 0. The SMILES string of the molecule is NC(=O)c1cccc(OCCO)c1. The molecule has 1 rings (SSSR count). The van der Waals surface area contributed by atoms with E-state index in [0.29, 0.717) is 11.3 Å². The molecule has 0 unspecified atom stereocenters. The van der Waals surface area contributed by atoms with Crippen molar-refractivity contribution >= 4 is 5.91 Å². The summed E-state index contributed by atoms with van der Waals surface area (Å²) >= 11 is 0. The van der Waals surface area contributed by atoms with Crippen LogP contribution in [0.4, 0.5) is 0 Å². The Morgan fingerprint density at radius 2 is 2.31 bits per heavy atom. The Bertz CT molecular complexity index is 299. The molecule has 1 amide bonds. The number of nitrogens with two attached hydrogens (primary N) is 1. The van der Waals surface area contributed by atoms with Crippen molar-refractivity contribution in [2.45, 2.75) is 0 Å². The maximum atomic E-state index is 10.7. The average molecular weight is 181 g/mol. The zero-order valence-electron chi connectivity index (χ0n) is 7.06. The molecule has 4 heteroatoms. The summed E-state index contributed by atoms with van der Waals surface area (Å²) in [6, 6.07) is 6.51. The predicted octanol–water partition coefficient (Wildman–Crippen LogP) is 0.157. The van der Waals surface area contributed by atoms with E-state index in [9.17, 15) is 4.79 Å². The number of carbonyl (C=O) groups is 1. The van der Waals surface area contributed by atoms with Gasteiger partial charge in [0.05, 0.1) is 6.61 Å². The van der Waals surface area contributed by atoms with Crippen molar-refractivity contribution in [2.75, 3.05) is 13.2 Å². The van der Waals surface area contributed by atoms with Crippen LogP contribution in [0.1, 0.15) is 10.4 Å². The second-order valence-electron chi connectivity index (χ2n) is 2.46. The molecule has 0 fully saturated rings. The van der Waals surface area contributed by atoms with Gasteiger partial charge in [-0.1, -0.05) is 6.07 Å². The van der Waals surface area contributed by atoms with Gasteiger partial charge in [-0.3, -0.25) is 4.79 Å². The van der Waals surface area contributed by atoms with Gasteiger partial charge in [-0.2, -0.15) is 0 Å². The van der Waals surface area contributed by atoms with Crippen LogP contribution in [-0.4, -0.2) is 24.2 Å². The first-order chi connectivity index (χ1) is 6.24. The first-order valence-corrected chi connectivity index (χ1v) is 3.87. The van der Waals surface area contributed by atoms with E-state index in [1.165, 1.54) is 6.07 Å². The first-order valence-electron chi connectivity index (χ1n) is 3.87. The highest BCUT2D eigenvalue weighted by molar-refractivity contribution is 5.93. The van der Waals surface area contributed by atoms with Crippen LogP contribution in [0, 0.1) is 0 Å². The molecule has 0 heterocycles. The summed E-state index contributed by atoms with van der Waals surface area (Å²) in [5.41, 5.74) is 5.47. The van der Waals surface area contributed by atoms with Crippen LogP contribution in [0.25, 0.3) is 0 Å². The molecule has 1 aromatic rings. The molecule has 0 bridgehead atoms. The standard InChI is InChI=1S/C9H11NO3/c10-9(12)7-2-1-3-8(6-7)13-5-4-11/h1-3,6,11H,4-5H2,(H2,10,12). The number of ether oxygens (including phenoxy) is 1. The van der Waals surface area contributed by atoms with Gasteiger partial charge in [0.15, 0.2) is 0 Å². The fourth-order valence-electron chi connectivity index (χ4n) is 0.903. The molecule has 4 nitrogen and oxygen atoms in total. The molecule has 1 aromatic carbocycles. The molecular formula is C9H11NO3. The van der Waals surface area contributed by atoms with Gasteiger partial charge in [0.25, 0.3) is 0 Å². The quantitative estimate of drug-likeness (QED) is 0.694. The van der Waals surface area contributed by atoms with Crippen molar-refractivity contribution in [1.82, 2.24) is 0 Å². The molecule has 0 saturated heterocycles. The van der Waals surface area contributed by atoms with Gasteiger partial charge in [-0.15, -0.1) is 0 Å². The van der Waals surface area contributed by atoms with Crippen molar-refractivity contribution < 1.29 is 14.6 Å². The van der Waals surface area contributed by atoms with E-state index in [4.69, 9.17) is 15.6 Å². The number of aliphatic hydroxyl groups excluding tert-OH is 1. The number of amides is 1. The van der Waals surface area contributed by atoms with E-state index in [1.54, 1.807) is 18.2 Å². The Balaban J connectivity index is 2.73. The minimum absolute atomic E-state index is 0.0548. The van der Waals surface area contributed by atoms with Crippen molar-refractivity contribution in [3.8, 4) is 5.75 Å². The van der Waals surface area contributed by atoms with Crippen LogP contribution in [0.3, 0.4) is 0 Å². The summed E-state index contributed by atoms with van der Waals surface area (Å²) in [5, 5.41) is 8.49. The van der Waals surface area contributed by atoms with E-state index in [0.717, 1.165) is 0 Å². The van der Waals surface area contributed by atoms with Crippen LogP contribution in [-0.2, 0) is 0 Å². The number of benzene rings is 1. The highest BCUT2D eigenvalue weighted by Crippen LogP contribution is 2.12. The maximum Gasteiger partial charge on any atom is 0.248 e. The Hall–Kier alpha value is -1.55. The summed E-state index contributed by atoms with van der Waals surface area (Å²) in [6.45, 7) is 0.156. The normalized spacial score (nSPS) is 9.62. The number of hydrogen-bond acceptors (Lipinski definition) is 3. The molecule has 3 N–H and O–H groups in total. The third-order valence-corrected chi connectivity index (χ3v) is 1.48. The number of hydrogen-bond donors (Lipinski definition) is 2. The van der Waals surface area contributed by atoms with Crippen molar-refractivity contribution in [3.05, 3.63) is 29.8 Å². The molecule has 0 aliphatic rings. The van der Waals surface area contributed by atoms with Crippen LogP contribution < -0.4 is 10.5 Å². The molecule has 13 heavy (non-hydrogen) atoms. The van der Waals surface area contributed by atoms with Gasteiger partial charge in [0.1, 0.15) is 12.4 Å². The Labute approximate surface area is 75.9 Å². The molecule has 0 aromatic heterocycles. The number of primary amides is 1. The van der Waals surface area contributed by atoms with E-state index in [1.807, 2.05) is 0 Å². The summed E-state index contributed by atoms with van der Waals surface area (Å²) < 4.78 is 5.09. The molecule has 0 aliphatic carbocycles. The zero-order valence-corrected chi connectivity index (χ0v) is 7.06. The summed E-state index contributed by atoms with van der Waals surface area (Å²) in [4.78, 5) is 10.7. The average Bonchev–Trinajstić information content (AvgIpc) is 2.15. The monoisotopic (exact) mass is 181 g/mol. The molecule has 0 atom stereocenters. The lowest BCUT2D eigenvalue weighted by atomic mass is 10.2. The molecule has 0 spiro atoms. The number of aliphatic hydroxyl groups is 1. The topological polar surface area (TPSA) is 72.6 Å². The fraction of sp³-hybridized carbons (Fsp3) is 0.222. The largest absolute Gasteiger partial charge is 0.491 e. The van der Waals surface area contributed by atoms with Gasteiger partial charge >= 0.3 is 0 Å². The van der Waals surface area contributed by atoms with Crippen LogP contribution in [0.15, 0.2) is 24.3 Å². The number of carbonyl (C=O) groups excluding carboxylic acids is 1. The highest BCUT2D eigenvalue weighted by atomic mass is 16.5. The van der Waals surface area contributed by atoms with Crippen LogP contribution in [0.2, 0.25) is 0 Å². The third kappa shape index (κ3) is 2.76. The maximum absolute atomic E-state index is 10.7.